The largest absolute Gasteiger partial charge is 0.368 e. The van der Waals surface area contributed by atoms with Crippen molar-refractivity contribution >= 4 is 15.9 Å². The third-order valence-electron chi connectivity index (χ3n) is 6.36. The Balaban J connectivity index is 1.46. The van der Waals surface area contributed by atoms with Gasteiger partial charge in [-0.15, -0.1) is 0 Å². The van der Waals surface area contributed by atoms with Crippen LogP contribution in [0.3, 0.4) is 0 Å². The number of piperidine rings is 1. The van der Waals surface area contributed by atoms with Gasteiger partial charge in [0.1, 0.15) is 11.7 Å². The molecule has 2 aromatic rings. The Morgan fingerprint density at radius 3 is 2.48 bits per heavy atom. The molecule has 6 nitrogen and oxygen atoms in total. The standard InChI is InChI=1S/C23H29FN4O2S/c1-17-3-8-21(15-18(17)2)31(29,30)28-13-9-23(10-14-28)22(25-11-12-27-23)26-16-19-4-6-20(24)7-5-19/h3-8,15,27H,9-14,16H2,1-2H3,(H,25,26). The van der Waals surface area contributed by atoms with Gasteiger partial charge in [0.2, 0.25) is 10.0 Å². The maximum Gasteiger partial charge on any atom is 0.243 e. The van der Waals surface area contributed by atoms with Crippen molar-refractivity contribution in [2.24, 2.45) is 4.99 Å². The van der Waals surface area contributed by atoms with E-state index in [9.17, 15) is 12.8 Å². The molecule has 0 aliphatic carbocycles. The van der Waals surface area contributed by atoms with Gasteiger partial charge in [-0.2, -0.15) is 4.31 Å². The second kappa shape index (κ2) is 8.68. The molecule has 166 valence electrons. The number of halogens is 1. The first-order valence-electron chi connectivity index (χ1n) is 10.7. The molecule has 0 atom stereocenters. The second-order valence-electron chi connectivity index (χ2n) is 8.37. The van der Waals surface area contributed by atoms with Crippen LogP contribution >= 0.6 is 0 Å². The van der Waals surface area contributed by atoms with Crippen molar-refractivity contribution in [3.8, 4) is 0 Å². The van der Waals surface area contributed by atoms with Crippen LogP contribution < -0.4 is 10.6 Å². The van der Waals surface area contributed by atoms with E-state index in [1.165, 1.54) is 12.1 Å². The molecule has 0 bridgehead atoms. The topological polar surface area (TPSA) is 73.8 Å². The molecule has 0 saturated carbocycles. The Bertz CT molecular complexity index is 1080. The smallest absolute Gasteiger partial charge is 0.243 e. The van der Waals surface area contributed by atoms with E-state index in [-0.39, 0.29) is 11.4 Å². The highest BCUT2D eigenvalue weighted by molar-refractivity contribution is 7.89. The highest BCUT2D eigenvalue weighted by atomic mass is 32.2. The summed E-state index contributed by atoms with van der Waals surface area (Å²) in [5.74, 6) is 0.612. The van der Waals surface area contributed by atoms with Crippen LogP contribution in [0.25, 0.3) is 0 Å². The third-order valence-corrected chi connectivity index (χ3v) is 8.26. The molecular formula is C23H29FN4O2S. The molecule has 4 rings (SSSR count). The first-order valence-corrected chi connectivity index (χ1v) is 12.1. The normalized spacial score (nSPS) is 19.3. The number of nitrogens with zero attached hydrogens (tertiary/aromatic N) is 2. The fraction of sp³-hybridized carbons (Fsp3) is 0.435. The molecule has 0 radical (unpaired) electrons. The lowest BCUT2D eigenvalue weighted by molar-refractivity contribution is 0.241. The Hall–Kier alpha value is -2.29. The summed E-state index contributed by atoms with van der Waals surface area (Å²) >= 11 is 0. The number of rotatable bonds is 4. The van der Waals surface area contributed by atoms with E-state index in [1.54, 1.807) is 28.6 Å². The van der Waals surface area contributed by atoms with Crippen molar-refractivity contribution in [3.63, 3.8) is 0 Å². The van der Waals surface area contributed by atoms with E-state index in [0.29, 0.717) is 43.9 Å². The van der Waals surface area contributed by atoms with Crippen LogP contribution in [0.15, 0.2) is 52.4 Å². The van der Waals surface area contributed by atoms with E-state index in [2.05, 4.69) is 10.6 Å². The zero-order chi connectivity index (χ0) is 22.1. The molecule has 1 fully saturated rings. The summed E-state index contributed by atoms with van der Waals surface area (Å²) in [4.78, 5) is 5.06. The molecule has 0 unspecified atom stereocenters. The van der Waals surface area contributed by atoms with Gasteiger partial charge in [-0.05, 0) is 67.6 Å². The highest BCUT2D eigenvalue weighted by Gasteiger charge is 2.43. The number of benzene rings is 2. The number of hydrogen-bond donors (Lipinski definition) is 2. The minimum absolute atomic E-state index is 0.255. The Morgan fingerprint density at radius 1 is 1.10 bits per heavy atom. The molecule has 8 heteroatoms. The molecule has 31 heavy (non-hydrogen) atoms. The number of sulfonamides is 1. The Kier molecular flexibility index (Phi) is 6.14. The molecular weight excluding hydrogens is 415 g/mol. The van der Waals surface area contributed by atoms with Crippen molar-refractivity contribution < 1.29 is 12.8 Å². The summed E-state index contributed by atoms with van der Waals surface area (Å²) in [7, 11) is -3.52. The molecule has 1 spiro atoms. The average molecular weight is 445 g/mol. The lowest BCUT2D eigenvalue weighted by Crippen LogP contribution is -2.64. The molecule has 2 N–H and O–H groups in total. The van der Waals surface area contributed by atoms with E-state index >= 15 is 0 Å². The van der Waals surface area contributed by atoms with E-state index in [1.807, 2.05) is 19.9 Å². The predicted molar refractivity (Wildman–Crippen MR) is 120 cm³/mol. The van der Waals surface area contributed by atoms with Gasteiger partial charge in [0, 0.05) is 26.2 Å². The SMILES string of the molecule is Cc1ccc(S(=O)(=O)N2CCC3(CC2)NCCN=C3NCc2ccc(F)cc2)cc1C. The molecule has 0 amide bonds. The van der Waals surface area contributed by atoms with Gasteiger partial charge in [0.15, 0.2) is 0 Å². The molecule has 2 heterocycles. The second-order valence-corrected chi connectivity index (χ2v) is 10.3. The third kappa shape index (κ3) is 4.51. The van der Waals surface area contributed by atoms with E-state index in [0.717, 1.165) is 29.1 Å². The van der Waals surface area contributed by atoms with Crippen LogP contribution in [0.2, 0.25) is 0 Å². The van der Waals surface area contributed by atoms with E-state index < -0.39 is 10.0 Å². The summed E-state index contributed by atoms with van der Waals surface area (Å²) in [6.07, 6.45) is 1.29. The lowest BCUT2D eigenvalue weighted by Gasteiger charge is -2.44. The van der Waals surface area contributed by atoms with Crippen LogP contribution in [-0.2, 0) is 16.6 Å². The van der Waals surface area contributed by atoms with Gasteiger partial charge in [0.05, 0.1) is 17.0 Å². The minimum atomic E-state index is -3.52. The fourth-order valence-corrected chi connectivity index (χ4v) is 5.78. The zero-order valence-corrected chi connectivity index (χ0v) is 18.8. The van der Waals surface area contributed by atoms with Crippen molar-refractivity contribution in [2.45, 2.75) is 43.7 Å². The quantitative estimate of drug-likeness (QED) is 0.761. The van der Waals surface area contributed by atoms with Crippen molar-refractivity contribution in [1.82, 2.24) is 14.9 Å². The van der Waals surface area contributed by atoms with Crippen LogP contribution in [0, 0.1) is 19.7 Å². The van der Waals surface area contributed by atoms with Crippen LogP contribution in [0.1, 0.15) is 29.5 Å². The molecule has 2 aliphatic rings. The summed E-state index contributed by atoms with van der Waals surface area (Å²) < 4.78 is 41.1. The maximum absolute atomic E-state index is 13.2. The van der Waals surface area contributed by atoms with Gasteiger partial charge >= 0.3 is 0 Å². The Morgan fingerprint density at radius 2 is 1.81 bits per heavy atom. The summed E-state index contributed by atoms with van der Waals surface area (Å²) in [5, 5.41) is 7.00. The fourth-order valence-electron chi connectivity index (χ4n) is 4.26. The summed E-state index contributed by atoms with van der Waals surface area (Å²) in [5.41, 5.74) is 2.67. The molecule has 2 aromatic carbocycles. The van der Waals surface area contributed by atoms with Crippen LogP contribution in [0.4, 0.5) is 4.39 Å². The maximum atomic E-state index is 13.2. The first-order chi connectivity index (χ1) is 14.8. The first kappa shape index (κ1) is 21.9. The van der Waals surface area contributed by atoms with Gasteiger partial charge in [0.25, 0.3) is 0 Å². The lowest BCUT2D eigenvalue weighted by atomic mass is 9.85. The highest BCUT2D eigenvalue weighted by Crippen LogP contribution is 2.29. The minimum Gasteiger partial charge on any atom is -0.368 e. The average Bonchev–Trinajstić information content (AvgIpc) is 2.76. The zero-order valence-electron chi connectivity index (χ0n) is 18.0. The monoisotopic (exact) mass is 444 g/mol. The molecule has 2 aliphatic heterocycles. The number of nitrogens with one attached hydrogen (secondary N) is 2. The van der Waals surface area contributed by atoms with E-state index in [4.69, 9.17) is 4.99 Å². The molecule has 0 aromatic heterocycles. The van der Waals surface area contributed by atoms with Crippen LogP contribution in [-0.4, -0.2) is 50.3 Å². The molecule has 1 saturated heterocycles. The Labute approximate surface area is 183 Å². The van der Waals surface area contributed by atoms with Gasteiger partial charge in [-0.25, -0.2) is 12.8 Å². The van der Waals surface area contributed by atoms with Crippen molar-refractivity contribution in [3.05, 3.63) is 65.0 Å². The van der Waals surface area contributed by atoms with Gasteiger partial charge in [-0.1, -0.05) is 18.2 Å². The predicted octanol–water partition coefficient (Wildman–Crippen LogP) is 2.76. The van der Waals surface area contributed by atoms with Gasteiger partial charge < -0.3 is 10.6 Å². The summed E-state index contributed by atoms with van der Waals surface area (Å²) in [6, 6.07) is 11.7. The van der Waals surface area contributed by atoms with Crippen molar-refractivity contribution in [1.29, 1.82) is 0 Å². The number of hydrogen-bond acceptors (Lipinski definition) is 5. The number of aliphatic imine (C=N–C) groups is 1. The number of amidine groups is 1. The van der Waals surface area contributed by atoms with Crippen LogP contribution in [0.5, 0.6) is 0 Å². The van der Waals surface area contributed by atoms with Gasteiger partial charge in [-0.3, -0.25) is 4.99 Å². The summed E-state index contributed by atoms with van der Waals surface area (Å²) in [6.45, 7) is 6.77. The van der Waals surface area contributed by atoms with Crippen molar-refractivity contribution in [2.75, 3.05) is 26.2 Å². The number of aryl methyl sites for hydroxylation is 2.